The fourth-order valence-corrected chi connectivity index (χ4v) is 4.95. The van der Waals surface area contributed by atoms with Crippen LogP contribution in [0.4, 0.5) is 10.5 Å². The quantitative estimate of drug-likeness (QED) is 0.310. The van der Waals surface area contributed by atoms with Crippen molar-refractivity contribution in [2.24, 2.45) is 0 Å². The summed E-state index contributed by atoms with van der Waals surface area (Å²) in [7, 11) is 1.64. The summed E-state index contributed by atoms with van der Waals surface area (Å²) < 4.78 is 7.25. The number of carbonyl (C=O) groups excluding carboxylic acids is 1. The molecule has 7 heteroatoms. The van der Waals surface area contributed by atoms with E-state index in [0.717, 1.165) is 33.6 Å². The van der Waals surface area contributed by atoms with Crippen LogP contribution >= 0.6 is 0 Å². The lowest BCUT2D eigenvalue weighted by Crippen LogP contribution is -2.33. The van der Waals surface area contributed by atoms with Crippen LogP contribution in [0.2, 0.25) is 0 Å². The van der Waals surface area contributed by atoms with E-state index in [2.05, 4.69) is 22.4 Å². The number of benzene rings is 4. The number of anilines is 1. The van der Waals surface area contributed by atoms with Gasteiger partial charge in [-0.05, 0) is 47.5 Å². The van der Waals surface area contributed by atoms with Gasteiger partial charge in [0.15, 0.2) is 6.17 Å². The average molecular weight is 476 g/mol. The lowest BCUT2D eigenvalue weighted by molar-refractivity contribution is 0.164. The predicted octanol–water partition coefficient (Wildman–Crippen LogP) is 5.82. The van der Waals surface area contributed by atoms with Crippen molar-refractivity contribution in [2.75, 3.05) is 12.0 Å². The number of fused-ring (bicyclic) bond motifs is 1. The van der Waals surface area contributed by atoms with Gasteiger partial charge in [0.05, 0.1) is 12.6 Å². The van der Waals surface area contributed by atoms with E-state index in [1.165, 1.54) is 0 Å². The first-order valence-corrected chi connectivity index (χ1v) is 11.9. The van der Waals surface area contributed by atoms with Crippen molar-refractivity contribution in [3.63, 3.8) is 0 Å². The third kappa shape index (κ3) is 3.75. The zero-order chi connectivity index (χ0) is 24.5. The lowest BCUT2D eigenvalue weighted by atomic mass is 10.0. The smallest absolute Gasteiger partial charge is 0.327 e. The molecule has 7 nitrogen and oxygen atoms in total. The monoisotopic (exact) mass is 475 g/mol. The Balaban J connectivity index is 1.55. The molecule has 1 aromatic heterocycles. The average Bonchev–Trinajstić information content (AvgIpc) is 3.48. The Morgan fingerprint density at radius 3 is 2.19 bits per heavy atom. The highest BCUT2D eigenvalue weighted by Crippen LogP contribution is 2.46. The Morgan fingerprint density at radius 1 is 0.806 bits per heavy atom. The van der Waals surface area contributed by atoms with Crippen molar-refractivity contribution in [3.05, 3.63) is 120 Å². The molecule has 0 unspecified atom stereocenters. The highest BCUT2D eigenvalue weighted by atomic mass is 16.5. The highest BCUT2D eigenvalue weighted by Gasteiger charge is 2.49. The maximum absolute atomic E-state index is 14.2. The van der Waals surface area contributed by atoms with Crippen molar-refractivity contribution in [1.82, 2.24) is 19.9 Å². The molecule has 178 valence electrons. The normalized spacial score (nSPS) is 17.6. The molecule has 0 N–H and O–H groups in total. The molecule has 1 aliphatic heterocycles. The number of hydrogen-bond donors (Lipinski definition) is 0. The number of nitrogens with zero attached hydrogens (tertiary/aromatic N) is 5. The van der Waals surface area contributed by atoms with Crippen LogP contribution in [-0.4, -0.2) is 33.0 Å². The van der Waals surface area contributed by atoms with Crippen LogP contribution in [0.3, 0.4) is 0 Å². The summed E-state index contributed by atoms with van der Waals surface area (Å²) in [6.07, 6.45) is -0.422. The predicted molar refractivity (Wildman–Crippen MR) is 139 cm³/mol. The molecule has 2 heterocycles. The number of rotatable bonds is 6. The fraction of sp³-hybridized carbons (Fsp3) is 0.138. The van der Waals surface area contributed by atoms with Crippen molar-refractivity contribution in [1.29, 1.82) is 0 Å². The van der Waals surface area contributed by atoms with Gasteiger partial charge in [0.25, 0.3) is 0 Å². The second-order valence-electron chi connectivity index (χ2n) is 8.76. The van der Waals surface area contributed by atoms with E-state index >= 15 is 0 Å². The summed E-state index contributed by atoms with van der Waals surface area (Å²) in [5, 5.41) is 8.98. The van der Waals surface area contributed by atoms with Gasteiger partial charge >= 0.3 is 6.03 Å². The van der Waals surface area contributed by atoms with Crippen LogP contribution in [0.15, 0.2) is 109 Å². The first-order chi connectivity index (χ1) is 17.7. The summed E-state index contributed by atoms with van der Waals surface area (Å²) in [6.45, 7) is 0.439. The van der Waals surface area contributed by atoms with Crippen molar-refractivity contribution >= 4 is 22.8 Å². The Hall–Kier alpha value is -4.65. The third-order valence-corrected chi connectivity index (χ3v) is 6.65. The molecule has 0 radical (unpaired) electrons. The minimum atomic E-state index is -0.422. The van der Waals surface area contributed by atoms with Gasteiger partial charge in [-0.25, -0.2) is 9.48 Å². The summed E-state index contributed by atoms with van der Waals surface area (Å²) in [5.74, 6) is 0.738. The second kappa shape index (κ2) is 9.19. The zero-order valence-electron chi connectivity index (χ0n) is 19.8. The summed E-state index contributed by atoms with van der Waals surface area (Å²) in [5.41, 5.74) is 4.52. The molecule has 2 amide bonds. The molecule has 4 aromatic carbocycles. The summed E-state index contributed by atoms with van der Waals surface area (Å²) in [4.78, 5) is 18.0. The van der Waals surface area contributed by atoms with Crippen LogP contribution in [0.1, 0.15) is 23.3 Å². The van der Waals surface area contributed by atoms with E-state index in [1.807, 2.05) is 112 Å². The van der Waals surface area contributed by atoms with E-state index < -0.39 is 6.17 Å². The van der Waals surface area contributed by atoms with Crippen LogP contribution in [-0.2, 0) is 6.54 Å². The van der Waals surface area contributed by atoms with Gasteiger partial charge in [-0.3, -0.25) is 9.80 Å². The molecule has 0 spiro atoms. The summed E-state index contributed by atoms with van der Waals surface area (Å²) in [6, 6.07) is 35.2. The van der Waals surface area contributed by atoms with E-state index in [1.54, 1.807) is 7.11 Å². The largest absolute Gasteiger partial charge is 0.497 e. The lowest BCUT2D eigenvalue weighted by Gasteiger charge is -2.29. The first-order valence-electron chi connectivity index (χ1n) is 11.9. The maximum Gasteiger partial charge on any atom is 0.327 e. The van der Waals surface area contributed by atoms with E-state index in [9.17, 15) is 4.79 Å². The van der Waals surface area contributed by atoms with Gasteiger partial charge in [0, 0.05) is 12.2 Å². The van der Waals surface area contributed by atoms with Crippen LogP contribution in [0.25, 0.3) is 11.0 Å². The van der Waals surface area contributed by atoms with E-state index in [0.29, 0.717) is 6.54 Å². The fourth-order valence-electron chi connectivity index (χ4n) is 4.95. The highest BCUT2D eigenvalue weighted by molar-refractivity contribution is 5.96. The number of aromatic nitrogens is 3. The molecule has 2 atom stereocenters. The molecule has 5 aromatic rings. The molecule has 6 rings (SSSR count). The number of para-hydroxylation sites is 1. The van der Waals surface area contributed by atoms with Gasteiger partial charge in [-0.1, -0.05) is 78.0 Å². The number of hydrogen-bond acceptors (Lipinski definition) is 4. The molecular weight excluding hydrogens is 450 g/mol. The van der Waals surface area contributed by atoms with Gasteiger partial charge in [0.2, 0.25) is 0 Å². The molecule has 0 saturated carbocycles. The topological polar surface area (TPSA) is 63.5 Å². The summed E-state index contributed by atoms with van der Waals surface area (Å²) >= 11 is 0. The van der Waals surface area contributed by atoms with Gasteiger partial charge in [0.1, 0.15) is 17.3 Å². The van der Waals surface area contributed by atoms with E-state index in [4.69, 9.17) is 4.74 Å². The Labute approximate surface area is 209 Å². The molecule has 0 bridgehead atoms. The van der Waals surface area contributed by atoms with Gasteiger partial charge in [-0.2, -0.15) is 0 Å². The second-order valence-corrected chi connectivity index (χ2v) is 8.76. The van der Waals surface area contributed by atoms with Crippen LogP contribution in [0, 0.1) is 0 Å². The van der Waals surface area contributed by atoms with Gasteiger partial charge < -0.3 is 4.74 Å². The minimum Gasteiger partial charge on any atom is -0.497 e. The van der Waals surface area contributed by atoms with E-state index in [-0.39, 0.29) is 12.1 Å². The number of amides is 2. The van der Waals surface area contributed by atoms with Crippen molar-refractivity contribution in [3.8, 4) is 5.75 Å². The number of urea groups is 1. The zero-order valence-corrected chi connectivity index (χ0v) is 19.8. The van der Waals surface area contributed by atoms with Crippen molar-refractivity contribution in [2.45, 2.75) is 18.8 Å². The number of carbonyl (C=O) groups is 1. The molecule has 1 fully saturated rings. The van der Waals surface area contributed by atoms with Crippen molar-refractivity contribution < 1.29 is 9.53 Å². The Morgan fingerprint density at radius 2 is 1.47 bits per heavy atom. The Kier molecular flexibility index (Phi) is 5.58. The SMILES string of the molecule is COc1ccc(N2C(=O)N(Cc3ccccc3)[C@@H](n3nnc4ccccc43)[C@@H]2c2ccccc2)cc1. The number of methoxy groups -OCH3 is 1. The standard InChI is InChI=1S/C29H25N5O2/c1-36-24-18-16-23(17-19-24)33-27(22-12-6-3-7-13-22)28(34-26-15-9-8-14-25(26)30-31-34)32(29(33)35)20-21-10-4-2-5-11-21/h2-19,27-28H,20H2,1H3/t27-,28-/m0/s1. The molecule has 36 heavy (non-hydrogen) atoms. The molecular formula is C29H25N5O2. The van der Waals surface area contributed by atoms with Crippen LogP contribution in [0.5, 0.6) is 5.75 Å². The minimum absolute atomic E-state index is 0.0949. The molecule has 0 aliphatic carbocycles. The van der Waals surface area contributed by atoms with Gasteiger partial charge in [-0.15, -0.1) is 5.10 Å². The molecule has 1 saturated heterocycles. The maximum atomic E-state index is 14.2. The van der Waals surface area contributed by atoms with Crippen LogP contribution < -0.4 is 9.64 Å². The first kappa shape index (κ1) is 21.9. The molecule has 1 aliphatic rings. The Bertz CT molecular complexity index is 1480. The number of ether oxygens (including phenoxy) is 1. The third-order valence-electron chi connectivity index (χ3n) is 6.65.